The predicted molar refractivity (Wildman–Crippen MR) is 214 cm³/mol. The molecule has 9 nitrogen and oxygen atoms in total. The van der Waals surface area contributed by atoms with Crippen LogP contribution in [0.4, 0.5) is 5.69 Å². The molecule has 0 N–H and O–H groups in total. The minimum absolute atomic E-state index is 0.198. The van der Waals surface area contributed by atoms with Crippen molar-refractivity contribution in [1.29, 1.82) is 0 Å². The second-order valence-electron chi connectivity index (χ2n) is 12.6. The molecule has 0 saturated carbocycles. The van der Waals surface area contributed by atoms with Gasteiger partial charge in [-0.3, -0.25) is 0 Å². The topological polar surface area (TPSA) is 125 Å². The highest BCUT2D eigenvalue weighted by Crippen LogP contribution is 2.50. The molecular formula is C40H41N3O6S4. The van der Waals surface area contributed by atoms with Gasteiger partial charge in [0.15, 0.2) is 18.9 Å². The van der Waals surface area contributed by atoms with E-state index >= 15 is 0 Å². The minimum atomic E-state index is -4.34. The zero-order valence-electron chi connectivity index (χ0n) is 29.6. The van der Waals surface area contributed by atoms with Crippen LogP contribution in [0.3, 0.4) is 0 Å². The Kier molecular flexibility index (Phi) is 12.3. The van der Waals surface area contributed by atoms with Crippen molar-refractivity contribution in [3.8, 4) is 0 Å². The molecule has 0 spiro atoms. The first-order chi connectivity index (χ1) is 25.4. The summed E-state index contributed by atoms with van der Waals surface area (Å²) in [6.07, 6.45) is 9.43. The van der Waals surface area contributed by atoms with Crippen LogP contribution in [0.2, 0.25) is 0 Å². The number of rotatable bonds is 12. The lowest BCUT2D eigenvalue weighted by molar-refractivity contribution is -0.693. The number of fused-ring (bicyclic) bond motifs is 6. The number of allylic oxidation sites excluding steroid dienone is 2. The maximum absolute atomic E-state index is 11.4. The SMILES string of the molecule is CCC(=C\c1sc2ccc3ccccc3c2[n+]1CCCS(=O)(=O)[O-])/C=C1/Sc2ccc3ccccc3c2N1CCCS(=O)(=O)[O-].CC[n+]1ccccc1. The number of benzene rings is 4. The van der Waals surface area contributed by atoms with E-state index in [4.69, 9.17) is 0 Å². The lowest BCUT2D eigenvalue weighted by Gasteiger charge is -2.22. The molecule has 0 radical (unpaired) electrons. The summed E-state index contributed by atoms with van der Waals surface area (Å²) >= 11 is 3.23. The van der Waals surface area contributed by atoms with E-state index in [1.165, 1.54) is 0 Å². The number of aryl methyl sites for hydroxylation is 2. The van der Waals surface area contributed by atoms with E-state index in [0.717, 1.165) is 64.5 Å². The maximum Gasteiger partial charge on any atom is 0.263 e. The molecule has 0 unspecified atom stereocenters. The number of nitrogens with zero attached hydrogens (tertiary/aromatic N) is 3. The normalized spacial score (nSPS) is 14.2. The van der Waals surface area contributed by atoms with Gasteiger partial charge < -0.3 is 14.0 Å². The maximum atomic E-state index is 11.4. The van der Waals surface area contributed by atoms with Crippen LogP contribution in [0.5, 0.6) is 0 Å². The molecule has 0 bridgehead atoms. The van der Waals surface area contributed by atoms with Gasteiger partial charge in [0.05, 0.1) is 36.3 Å². The van der Waals surface area contributed by atoms with E-state index < -0.39 is 31.7 Å². The van der Waals surface area contributed by atoms with E-state index in [1.807, 2.05) is 54.6 Å². The number of hydrogen-bond acceptors (Lipinski definition) is 9. The smallest absolute Gasteiger partial charge is 0.263 e. The van der Waals surface area contributed by atoms with Crippen LogP contribution < -0.4 is 14.0 Å². The van der Waals surface area contributed by atoms with Gasteiger partial charge in [0.2, 0.25) is 5.52 Å². The van der Waals surface area contributed by atoms with Gasteiger partial charge in [-0.15, -0.1) is 0 Å². The quantitative estimate of drug-likeness (QED) is 0.0918. The van der Waals surface area contributed by atoms with Crippen LogP contribution in [0.1, 0.15) is 38.1 Å². The van der Waals surface area contributed by atoms with Gasteiger partial charge in [0, 0.05) is 53.0 Å². The number of thiazole rings is 1. The zero-order valence-corrected chi connectivity index (χ0v) is 32.8. The Balaban J connectivity index is 0.000000533. The summed E-state index contributed by atoms with van der Waals surface area (Å²) in [6, 6.07) is 30.5. The van der Waals surface area contributed by atoms with Gasteiger partial charge in [-0.2, -0.15) is 4.57 Å². The highest BCUT2D eigenvalue weighted by Gasteiger charge is 2.28. The fourth-order valence-electron chi connectivity index (χ4n) is 6.41. The highest BCUT2D eigenvalue weighted by molar-refractivity contribution is 8.03. The van der Waals surface area contributed by atoms with Gasteiger partial charge in [0.25, 0.3) is 5.01 Å². The van der Waals surface area contributed by atoms with E-state index in [1.54, 1.807) is 23.1 Å². The van der Waals surface area contributed by atoms with Crippen molar-refractivity contribution in [3.63, 3.8) is 0 Å². The summed E-state index contributed by atoms with van der Waals surface area (Å²) in [5, 5.41) is 6.14. The van der Waals surface area contributed by atoms with Gasteiger partial charge in [-0.1, -0.05) is 90.7 Å². The summed E-state index contributed by atoms with van der Waals surface area (Å²) in [5.41, 5.74) is 3.03. The fourth-order valence-corrected chi connectivity index (χ4v) is 9.74. The summed E-state index contributed by atoms with van der Waals surface area (Å²) in [4.78, 5) is 3.17. The van der Waals surface area contributed by atoms with E-state index in [-0.39, 0.29) is 12.8 Å². The number of hydrogen-bond donors (Lipinski definition) is 0. The van der Waals surface area contributed by atoms with Gasteiger partial charge >= 0.3 is 0 Å². The first-order valence-electron chi connectivity index (χ1n) is 17.5. The molecule has 53 heavy (non-hydrogen) atoms. The summed E-state index contributed by atoms with van der Waals surface area (Å²) in [7, 11) is -8.69. The molecule has 4 aromatic carbocycles. The Hall–Kier alpha value is -4.11. The Morgan fingerprint density at radius 1 is 0.774 bits per heavy atom. The second kappa shape index (κ2) is 16.9. The molecule has 0 atom stereocenters. The van der Waals surface area contributed by atoms with Crippen molar-refractivity contribution in [1.82, 2.24) is 0 Å². The molecule has 0 fully saturated rings. The zero-order chi connectivity index (χ0) is 37.6. The lowest BCUT2D eigenvalue weighted by atomic mass is 10.1. The van der Waals surface area contributed by atoms with Crippen LogP contribution in [-0.4, -0.2) is 44.0 Å². The van der Waals surface area contributed by atoms with Crippen LogP contribution in [0, 0.1) is 0 Å². The molecule has 276 valence electrons. The number of aromatic nitrogens is 2. The van der Waals surface area contributed by atoms with Gasteiger partial charge in [0.1, 0.15) is 11.2 Å². The minimum Gasteiger partial charge on any atom is -0.748 e. The monoisotopic (exact) mass is 787 g/mol. The Bertz CT molecular complexity index is 2530. The number of pyridine rings is 1. The molecular weight excluding hydrogens is 747 g/mol. The standard InChI is InChI=1S/C33H32N2O6S4.C7H10N/c1-2-23(21-30-34(17-7-19-44(36,37)38)32-26-11-5-3-9-24(26)13-15-28(32)42-30)22-31-35(18-8-20-45(39,40)41)33-27-12-6-4-10-25(27)14-16-29(33)43-31;1-2-8-6-4-3-5-7-8/h3-6,9-16,21-22H,2,7-8,17-20H2,1H3,(H-,36,37,38,39,40,41);3-7H,2H2,1H3/q;+1/p-1. The second-order valence-corrected chi connectivity index (χ2v) is 17.8. The third kappa shape index (κ3) is 9.71. The van der Waals surface area contributed by atoms with Crippen molar-refractivity contribution in [2.45, 2.75) is 51.1 Å². The van der Waals surface area contributed by atoms with E-state index in [2.05, 4.69) is 88.8 Å². The van der Waals surface area contributed by atoms with Crippen molar-refractivity contribution in [3.05, 3.63) is 125 Å². The highest BCUT2D eigenvalue weighted by atomic mass is 32.2. The van der Waals surface area contributed by atoms with Gasteiger partial charge in [-0.05, 0) is 60.4 Å². The molecule has 0 amide bonds. The predicted octanol–water partition coefficient (Wildman–Crippen LogP) is 7.61. The molecule has 6 aromatic rings. The number of thioether (sulfide) groups is 1. The van der Waals surface area contributed by atoms with Crippen LogP contribution in [0.25, 0.3) is 37.8 Å². The van der Waals surface area contributed by atoms with E-state index in [9.17, 15) is 25.9 Å². The summed E-state index contributed by atoms with van der Waals surface area (Å²) < 4.78 is 73.9. The number of anilines is 1. The van der Waals surface area contributed by atoms with Crippen molar-refractivity contribution < 1.29 is 35.1 Å². The molecule has 7 rings (SSSR count). The fraction of sp³-hybridized carbons (Fsp3) is 0.250. The van der Waals surface area contributed by atoms with Crippen molar-refractivity contribution >= 4 is 86.9 Å². The largest absolute Gasteiger partial charge is 0.748 e. The first kappa shape index (κ1) is 38.6. The average molecular weight is 788 g/mol. The molecule has 2 aromatic heterocycles. The Morgan fingerprint density at radius 3 is 2.08 bits per heavy atom. The van der Waals surface area contributed by atoms with Crippen LogP contribution >= 0.6 is 23.1 Å². The molecule has 0 saturated heterocycles. The lowest BCUT2D eigenvalue weighted by Crippen LogP contribution is -2.36. The molecule has 3 heterocycles. The van der Waals surface area contributed by atoms with Crippen molar-refractivity contribution in [2.24, 2.45) is 0 Å². The Morgan fingerprint density at radius 2 is 1.42 bits per heavy atom. The van der Waals surface area contributed by atoms with Gasteiger partial charge in [-0.25, -0.2) is 21.4 Å². The first-order valence-corrected chi connectivity index (χ1v) is 22.3. The van der Waals surface area contributed by atoms with Crippen LogP contribution in [0.15, 0.2) is 125 Å². The summed E-state index contributed by atoms with van der Waals surface area (Å²) in [5.74, 6) is -0.875. The van der Waals surface area contributed by atoms with E-state index in [0.29, 0.717) is 19.5 Å². The van der Waals surface area contributed by atoms with Crippen molar-refractivity contribution in [2.75, 3.05) is 23.0 Å². The van der Waals surface area contributed by atoms with Crippen LogP contribution in [-0.2, 0) is 33.3 Å². The third-order valence-electron chi connectivity index (χ3n) is 8.95. The Labute approximate surface area is 319 Å². The molecule has 0 aliphatic carbocycles. The summed E-state index contributed by atoms with van der Waals surface area (Å²) in [6.45, 7) is 5.99. The molecule has 1 aliphatic heterocycles. The molecule has 1 aliphatic rings. The average Bonchev–Trinajstić information content (AvgIpc) is 3.68. The third-order valence-corrected chi connectivity index (χ3v) is 12.7. The molecule has 13 heteroatoms.